The van der Waals surface area contributed by atoms with E-state index in [0.29, 0.717) is 11.8 Å². The van der Waals surface area contributed by atoms with Gasteiger partial charge in [-0.25, -0.2) is 0 Å². The average molecular weight is 327 g/mol. The summed E-state index contributed by atoms with van der Waals surface area (Å²) in [5, 5.41) is 8.83. The molecule has 3 heteroatoms. The van der Waals surface area contributed by atoms with E-state index in [1.807, 2.05) is 6.08 Å². The summed E-state index contributed by atoms with van der Waals surface area (Å²) in [6.07, 6.45) is 11.2. The van der Waals surface area contributed by atoms with E-state index in [9.17, 15) is 0 Å². The van der Waals surface area contributed by atoms with Crippen LogP contribution in [-0.2, 0) is 9.47 Å². The van der Waals surface area contributed by atoms with Crippen LogP contribution in [0.4, 0.5) is 0 Å². The molecule has 0 aromatic heterocycles. The van der Waals surface area contributed by atoms with Gasteiger partial charge in [-0.1, -0.05) is 39.8 Å². The fraction of sp³-hybridized carbons (Fsp3) is 0.900. The first kappa shape index (κ1) is 20.7. The van der Waals surface area contributed by atoms with Crippen molar-refractivity contribution >= 4 is 0 Å². The summed E-state index contributed by atoms with van der Waals surface area (Å²) in [6, 6.07) is 0. The second kappa shape index (κ2) is 12.0. The number of aliphatic hydroxyl groups is 1. The molecule has 3 nitrogen and oxygen atoms in total. The fourth-order valence-corrected chi connectivity index (χ4v) is 3.75. The van der Waals surface area contributed by atoms with Crippen molar-refractivity contribution in [3.05, 3.63) is 12.2 Å². The summed E-state index contributed by atoms with van der Waals surface area (Å²) < 4.78 is 11.5. The van der Waals surface area contributed by atoms with E-state index in [2.05, 4.69) is 33.8 Å². The average Bonchev–Trinajstić information content (AvgIpc) is 2.51. The quantitative estimate of drug-likeness (QED) is 0.555. The van der Waals surface area contributed by atoms with E-state index in [4.69, 9.17) is 14.6 Å². The van der Waals surface area contributed by atoms with Crippen molar-refractivity contribution < 1.29 is 14.6 Å². The minimum atomic E-state index is 0.0413. The van der Waals surface area contributed by atoms with Crippen LogP contribution >= 0.6 is 0 Å². The first-order valence-electron chi connectivity index (χ1n) is 9.52. The van der Waals surface area contributed by atoms with Gasteiger partial charge in [0.05, 0.1) is 13.2 Å². The summed E-state index contributed by atoms with van der Waals surface area (Å²) in [5.41, 5.74) is 0. The Morgan fingerprint density at radius 1 is 1.04 bits per heavy atom. The summed E-state index contributed by atoms with van der Waals surface area (Å²) in [6.45, 7) is 11.0. The van der Waals surface area contributed by atoms with Crippen LogP contribution in [0.15, 0.2) is 12.2 Å². The summed E-state index contributed by atoms with van der Waals surface area (Å²) >= 11 is 0. The van der Waals surface area contributed by atoms with Gasteiger partial charge < -0.3 is 14.6 Å². The van der Waals surface area contributed by atoms with E-state index < -0.39 is 0 Å². The number of hydrogen-bond donors (Lipinski definition) is 1. The second-order valence-corrected chi connectivity index (χ2v) is 7.74. The van der Waals surface area contributed by atoms with Crippen molar-refractivity contribution in [2.75, 3.05) is 19.8 Å². The van der Waals surface area contributed by atoms with Crippen LogP contribution in [0.1, 0.15) is 66.2 Å². The molecular formula is C20H38O3. The summed E-state index contributed by atoms with van der Waals surface area (Å²) in [4.78, 5) is 0. The van der Waals surface area contributed by atoms with Crippen LogP contribution in [0.5, 0.6) is 0 Å². The van der Waals surface area contributed by atoms with Crippen LogP contribution in [0, 0.1) is 23.7 Å². The van der Waals surface area contributed by atoms with Crippen molar-refractivity contribution in [3.8, 4) is 0 Å². The molecule has 1 aliphatic heterocycles. The van der Waals surface area contributed by atoms with E-state index >= 15 is 0 Å². The Morgan fingerprint density at radius 3 is 2.39 bits per heavy atom. The van der Waals surface area contributed by atoms with Gasteiger partial charge in [0.1, 0.15) is 0 Å². The minimum absolute atomic E-state index is 0.0413. The predicted molar refractivity (Wildman–Crippen MR) is 96.3 cm³/mol. The smallest absolute Gasteiger partial charge is 0.157 e. The van der Waals surface area contributed by atoms with Crippen LogP contribution in [0.3, 0.4) is 0 Å². The monoisotopic (exact) mass is 326 g/mol. The molecular weight excluding hydrogens is 288 g/mol. The predicted octanol–water partition coefficient (Wildman–Crippen LogP) is 4.79. The minimum Gasteiger partial charge on any atom is -0.392 e. The molecule has 0 aliphatic carbocycles. The molecule has 1 unspecified atom stereocenters. The lowest BCUT2D eigenvalue weighted by molar-refractivity contribution is -0.168. The normalized spacial score (nSPS) is 24.5. The first-order valence-corrected chi connectivity index (χ1v) is 9.52. The van der Waals surface area contributed by atoms with Crippen molar-refractivity contribution in [1.82, 2.24) is 0 Å². The van der Waals surface area contributed by atoms with E-state index in [1.54, 1.807) is 0 Å². The highest BCUT2D eigenvalue weighted by Crippen LogP contribution is 2.25. The molecule has 1 fully saturated rings. The largest absolute Gasteiger partial charge is 0.392 e. The zero-order chi connectivity index (χ0) is 17.1. The van der Waals surface area contributed by atoms with Crippen LogP contribution in [0.2, 0.25) is 0 Å². The molecule has 1 N–H and O–H groups in total. The third-order valence-electron chi connectivity index (χ3n) is 4.66. The zero-order valence-corrected chi connectivity index (χ0v) is 15.7. The van der Waals surface area contributed by atoms with Gasteiger partial charge in [-0.15, -0.1) is 0 Å². The Bertz CT molecular complexity index is 310. The molecule has 1 aliphatic rings. The maximum Gasteiger partial charge on any atom is 0.157 e. The Morgan fingerprint density at radius 2 is 1.74 bits per heavy atom. The standard InChI is InChI=1S/C20H38O3/c1-16(8-7-10-21)12-17(2)13-18(3)14-19(4)15-23-20-9-5-6-11-22-20/h7-8,16-21H,5-6,9-15H2,1-4H3/b8-7+/t16-,17-,18-,19+,20?/m1/s1. The molecule has 23 heavy (non-hydrogen) atoms. The molecule has 0 amide bonds. The number of rotatable bonds is 11. The Kier molecular flexibility index (Phi) is 10.8. The lowest BCUT2D eigenvalue weighted by Gasteiger charge is -2.26. The highest BCUT2D eigenvalue weighted by atomic mass is 16.7. The van der Waals surface area contributed by atoms with Gasteiger partial charge in [-0.05, 0) is 62.2 Å². The SMILES string of the molecule is C[C@@H](C[C@H](C)COC1CCCCO1)C[C@H](C)C[C@H](C)/C=C/CO. The molecule has 0 aromatic rings. The molecule has 1 heterocycles. The highest BCUT2D eigenvalue weighted by molar-refractivity contribution is 4.86. The molecule has 0 spiro atoms. The lowest BCUT2D eigenvalue weighted by Crippen LogP contribution is -2.25. The number of hydrogen-bond acceptors (Lipinski definition) is 3. The highest BCUT2D eigenvalue weighted by Gasteiger charge is 2.17. The maximum absolute atomic E-state index is 8.83. The van der Waals surface area contributed by atoms with Gasteiger partial charge in [-0.2, -0.15) is 0 Å². The fourth-order valence-electron chi connectivity index (χ4n) is 3.75. The van der Waals surface area contributed by atoms with Gasteiger partial charge >= 0.3 is 0 Å². The van der Waals surface area contributed by atoms with Gasteiger partial charge in [-0.3, -0.25) is 0 Å². The van der Waals surface area contributed by atoms with Crippen molar-refractivity contribution in [3.63, 3.8) is 0 Å². The van der Waals surface area contributed by atoms with Crippen LogP contribution in [-0.4, -0.2) is 31.2 Å². The summed E-state index contributed by atoms with van der Waals surface area (Å²) in [7, 11) is 0. The Balaban J connectivity index is 2.15. The topological polar surface area (TPSA) is 38.7 Å². The van der Waals surface area contributed by atoms with Gasteiger partial charge in [0.2, 0.25) is 0 Å². The van der Waals surface area contributed by atoms with Gasteiger partial charge in [0, 0.05) is 6.61 Å². The van der Waals surface area contributed by atoms with E-state index in [-0.39, 0.29) is 12.9 Å². The van der Waals surface area contributed by atoms with E-state index in [0.717, 1.165) is 31.5 Å². The van der Waals surface area contributed by atoms with Crippen molar-refractivity contribution in [2.45, 2.75) is 72.5 Å². The molecule has 5 atom stereocenters. The molecule has 1 saturated heterocycles. The first-order chi connectivity index (χ1) is 11.0. The third-order valence-corrected chi connectivity index (χ3v) is 4.66. The van der Waals surface area contributed by atoms with E-state index in [1.165, 1.54) is 32.1 Å². The van der Waals surface area contributed by atoms with Crippen molar-refractivity contribution in [1.29, 1.82) is 0 Å². The second-order valence-electron chi connectivity index (χ2n) is 7.74. The van der Waals surface area contributed by atoms with Crippen LogP contribution < -0.4 is 0 Å². The molecule has 0 bridgehead atoms. The Labute approximate surface area is 143 Å². The molecule has 0 aromatic carbocycles. The number of allylic oxidation sites excluding steroid dienone is 1. The maximum atomic E-state index is 8.83. The van der Waals surface area contributed by atoms with Gasteiger partial charge in [0.15, 0.2) is 6.29 Å². The summed E-state index contributed by atoms with van der Waals surface area (Å²) in [5.74, 6) is 2.59. The van der Waals surface area contributed by atoms with Crippen molar-refractivity contribution in [2.24, 2.45) is 23.7 Å². The number of ether oxygens (including phenoxy) is 2. The molecule has 0 radical (unpaired) electrons. The van der Waals surface area contributed by atoms with Crippen LogP contribution in [0.25, 0.3) is 0 Å². The molecule has 136 valence electrons. The lowest BCUT2D eigenvalue weighted by atomic mass is 9.85. The third kappa shape index (κ3) is 10.2. The van der Waals surface area contributed by atoms with Gasteiger partial charge in [0.25, 0.3) is 0 Å². The number of aliphatic hydroxyl groups excluding tert-OH is 1. The molecule has 0 saturated carbocycles. The Hall–Kier alpha value is -0.380. The zero-order valence-electron chi connectivity index (χ0n) is 15.7. The molecule has 1 rings (SSSR count).